The Kier molecular flexibility index (Phi) is 7.43. The van der Waals surface area contributed by atoms with Crippen LogP contribution >= 0.6 is 0 Å². The van der Waals surface area contributed by atoms with Crippen LogP contribution < -0.4 is 5.32 Å². The highest BCUT2D eigenvalue weighted by Gasteiger charge is 2.27. The Morgan fingerprint density at radius 1 is 1.17 bits per heavy atom. The number of aryl methyl sites for hydroxylation is 1. The van der Waals surface area contributed by atoms with Crippen molar-refractivity contribution in [1.82, 2.24) is 19.6 Å². The number of nitrogens with one attached hydrogen (secondary N) is 1. The molecule has 1 aliphatic rings. The van der Waals surface area contributed by atoms with Crippen LogP contribution in [0.1, 0.15) is 54.7 Å². The quantitative estimate of drug-likeness (QED) is 0.529. The number of hydrogen-bond donors (Lipinski definition) is 1. The summed E-state index contributed by atoms with van der Waals surface area (Å²) in [6.07, 6.45) is 6.17. The highest BCUT2D eigenvalue weighted by Crippen LogP contribution is 2.19. The normalized spacial score (nSPS) is 14.7. The molecule has 2 amide bonds. The van der Waals surface area contributed by atoms with Gasteiger partial charge in [-0.2, -0.15) is 0 Å². The molecule has 0 aromatic carbocycles. The molecule has 0 saturated carbocycles. The van der Waals surface area contributed by atoms with Gasteiger partial charge >= 0.3 is 5.97 Å². The van der Waals surface area contributed by atoms with Crippen LogP contribution in [0.15, 0.2) is 24.4 Å². The summed E-state index contributed by atoms with van der Waals surface area (Å²) >= 11 is 0. The zero-order valence-corrected chi connectivity index (χ0v) is 17.7. The van der Waals surface area contributed by atoms with E-state index in [9.17, 15) is 14.4 Å². The minimum absolute atomic E-state index is 0.0841. The summed E-state index contributed by atoms with van der Waals surface area (Å²) < 4.78 is 6.58. The molecule has 8 heteroatoms. The van der Waals surface area contributed by atoms with Gasteiger partial charge in [0.2, 0.25) is 5.91 Å². The first kappa shape index (κ1) is 21.8. The summed E-state index contributed by atoms with van der Waals surface area (Å²) in [5.41, 5.74) is 2.03. The maximum atomic E-state index is 12.5. The van der Waals surface area contributed by atoms with Crippen molar-refractivity contribution in [3.63, 3.8) is 0 Å². The number of aromatic nitrogens is 2. The SMILES string of the molecule is COC(=O)C1CCN(C(=O)CCCCCNC(=O)c2c(C)nc3ccccn23)CC1. The molecule has 1 saturated heterocycles. The number of unbranched alkanes of at least 4 members (excludes halogenated alkanes) is 2. The van der Waals surface area contributed by atoms with Crippen LogP contribution in [-0.2, 0) is 14.3 Å². The number of rotatable bonds is 8. The standard InChI is InChI=1S/C22H30N4O4/c1-16-20(26-13-7-5-8-18(26)24-16)21(28)23-12-6-3-4-9-19(27)25-14-10-17(11-15-25)22(29)30-2/h5,7-8,13,17H,3-4,6,9-12,14-15H2,1-2H3,(H,23,28). The lowest BCUT2D eigenvalue weighted by atomic mass is 9.96. The number of amides is 2. The number of ether oxygens (including phenoxy) is 1. The van der Waals surface area contributed by atoms with Crippen molar-refractivity contribution in [2.75, 3.05) is 26.7 Å². The van der Waals surface area contributed by atoms with Gasteiger partial charge in [-0.3, -0.25) is 18.8 Å². The minimum Gasteiger partial charge on any atom is -0.469 e. The van der Waals surface area contributed by atoms with Crippen molar-refractivity contribution in [3.8, 4) is 0 Å². The van der Waals surface area contributed by atoms with Crippen molar-refractivity contribution in [3.05, 3.63) is 35.8 Å². The molecular formula is C22H30N4O4. The van der Waals surface area contributed by atoms with E-state index in [1.807, 2.05) is 36.2 Å². The summed E-state index contributed by atoms with van der Waals surface area (Å²) in [5.74, 6) is -0.248. The van der Waals surface area contributed by atoms with E-state index in [2.05, 4.69) is 10.3 Å². The number of likely N-dealkylation sites (tertiary alicyclic amines) is 1. The second kappa shape index (κ2) is 10.2. The van der Waals surface area contributed by atoms with Gasteiger partial charge in [0.05, 0.1) is 18.7 Å². The Morgan fingerprint density at radius 3 is 2.67 bits per heavy atom. The van der Waals surface area contributed by atoms with E-state index in [0.717, 1.165) is 24.9 Å². The Hall–Kier alpha value is -2.90. The molecule has 162 valence electrons. The number of fused-ring (bicyclic) bond motifs is 1. The maximum Gasteiger partial charge on any atom is 0.308 e. The van der Waals surface area contributed by atoms with Crippen molar-refractivity contribution >= 4 is 23.4 Å². The summed E-state index contributed by atoms with van der Waals surface area (Å²) in [6, 6.07) is 5.64. The van der Waals surface area contributed by atoms with E-state index in [0.29, 0.717) is 50.3 Å². The molecule has 30 heavy (non-hydrogen) atoms. The number of hydrogen-bond acceptors (Lipinski definition) is 5. The average molecular weight is 415 g/mol. The monoisotopic (exact) mass is 414 g/mol. The van der Waals surface area contributed by atoms with E-state index in [4.69, 9.17) is 4.74 Å². The first-order valence-electron chi connectivity index (χ1n) is 10.6. The lowest BCUT2D eigenvalue weighted by Crippen LogP contribution is -2.40. The fraction of sp³-hybridized carbons (Fsp3) is 0.545. The third kappa shape index (κ3) is 5.17. The average Bonchev–Trinajstić information content (AvgIpc) is 3.11. The highest BCUT2D eigenvalue weighted by atomic mass is 16.5. The number of nitrogens with zero attached hydrogens (tertiary/aromatic N) is 3. The number of carbonyl (C=O) groups excluding carboxylic acids is 3. The van der Waals surface area contributed by atoms with Gasteiger partial charge in [-0.15, -0.1) is 0 Å². The molecule has 0 unspecified atom stereocenters. The Labute approximate surface area is 176 Å². The molecule has 3 rings (SSSR count). The molecular weight excluding hydrogens is 384 g/mol. The smallest absolute Gasteiger partial charge is 0.308 e. The van der Waals surface area contributed by atoms with Gasteiger partial charge in [0.25, 0.3) is 5.91 Å². The minimum atomic E-state index is -0.178. The Morgan fingerprint density at radius 2 is 1.93 bits per heavy atom. The van der Waals surface area contributed by atoms with Crippen molar-refractivity contribution in [2.45, 2.75) is 45.4 Å². The van der Waals surface area contributed by atoms with Crippen LogP contribution in [0.25, 0.3) is 5.65 Å². The van der Waals surface area contributed by atoms with Gasteiger partial charge in [0, 0.05) is 32.3 Å². The number of piperidine rings is 1. The van der Waals surface area contributed by atoms with Gasteiger partial charge in [-0.05, 0) is 44.7 Å². The third-order valence-corrected chi connectivity index (χ3v) is 5.65. The molecule has 0 aliphatic carbocycles. The van der Waals surface area contributed by atoms with Gasteiger partial charge < -0.3 is 15.0 Å². The molecule has 2 aromatic rings. The number of carbonyl (C=O) groups is 3. The summed E-state index contributed by atoms with van der Waals surface area (Å²) in [4.78, 5) is 42.7. The predicted octanol–water partition coefficient (Wildman–Crippen LogP) is 2.34. The lowest BCUT2D eigenvalue weighted by Gasteiger charge is -2.30. The number of imidazole rings is 1. The molecule has 0 radical (unpaired) electrons. The molecule has 0 atom stereocenters. The molecule has 0 bridgehead atoms. The van der Waals surface area contributed by atoms with Gasteiger partial charge in [-0.25, -0.2) is 4.98 Å². The van der Waals surface area contributed by atoms with Crippen molar-refractivity contribution < 1.29 is 19.1 Å². The van der Waals surface area contributed by atoms with Crippen LogP contribution in [0.2, 0.25) is 0 Å². The van der Waals surface area contributed by atoms with Gasteiger partial charge in [0.1, 0.15) is 11.3 Å². The van der Waals surface area contributed by atoms with Crippen LogP contribution in [0.4, 0.5) is 0 Å². The second-order valence-corrected chi connectivity index (χ2v) is 7.72. The van der Waals surface area contributed by atoms with E-state index in [-0.39, 0.29) is 23.7 Å². The van der Waals surface area contributed by atoms with Crippen LogP contribution in [0.3, 0.4) is 0 Å². The molecule has 1 fully saturated rings. The van der Waals surface area contributed by atoms with Crippen molar-refractivity contribution in [2.24, 2.45) is 5.92 Å². The van der Waals surface area contributed by atoms with Crippen LogP contribution in [0.5, 0.6) is 0 Å². The largest absolute Gasteiger partial charge is 0.469 e. The molecule has 0 spiro atoms. The topological polar surface area (TPSA) is 93.0 Å². The number of methoxy groups -OCH3 is 1. The first-order chi connectivity index (χ1) is 14.5. The van der Waals surface area contributed by atoms with E-state index < -0.39 is 0 Å². The number of esters is 1. The molecule has 2 aromatic heterocycles. The van der Waals surface area contributed by atoms with Gasteiger partial charge in [0.15, 0.2) is 0 Å². The summed E-state index contributed by atoms with van der Waals surface area (Å²) in [6.45, 7) is 3.64. The molecule has 3 heterocycles. The lowest BCUT2D eigenvalue weighted by molar-refractivity contribution is -0.148. The van der Waals surface area contributed by atoms with E-state index in [1.54, 1.807) is 4.40 Å². The number of pyridine rings is 1. The van der Waals surface area contributed by atoms with Crippen LogP contribution in [0, 0.1) is 12.8 Å². The fourth-order valence-corrected chi connectivity index (χ4v) is 3.94. The second-order valence-electron chi connectivity index (χ2n) is 7.72. The highest BCUT2D eigenvalue weighted by molar-refractivity contribution is 5.94. The molecule has 1 aliphatic heterocycles. The van der Waals surface area contributed by atoms with Crippen LogP contribution in [-0.4, -0.2) is 58.8 Å². The summed E-state index contributed by atoms with van der Waals surface area (Å²) in [7, 11) is 1.40. The zero-order valence-electron chi connectivity index (χ0n) is 17.7. The third-order valence-electron chi connectivity index (χ3n) is 5.65. The maximum absolute atomic E-state index is 12.5. The Balaban J connectivity index is 1.33. The van der Waals surface area contributed by atoms with Crippen molar-refractivity contribution in [1.29, 1.82) is 0 Å². The predicted molar refractivity (Wildman–Crippen MR) is 112 cm³/mol. The molecule has 8 nitrogen and oxygen atoms in total. The summed E-state index contributed by atoms with van der Waals surface area (Å²) in [5, 5.41) is 2.95. The van der Waals surface area contributed by atoms with Gasteiger partial charge in [-0.1, -0.05) is 12.5 Å². The van der Waals surface area contributed by atoms with E-state index >= 15 is 0 Å². The Bertz CT molecular complexity index is 900. The first-order valence-corrected chi connectivity index (χ1v) is 10.6. The fourth-order valence-electron chi connectivity index (χ4n) is 3.94. The zero-order chi connectivity index (χ0) is 21.5. The molecule has 1 N–H and O–H groups in total. The van der Waals surface area contributed by atoms with E-state index in [1.165, 1.54) is 7.11 Å².